The predicted molar refractivity (Wildman–Crippen MR) is 58.0 cm³/mol. The van der Waals surface area contributed by atoms with Crippen molar-refractivity contribution in [2.24, 2.45) is 0 Å². The van der Waals surface area contributed by atoms with Crippen LogP contribution < -0.4 is 5.73 Å². The minimum atomic E-state index is -1.24. The molecule has 1 aromatic rings. The Labute approximate surface area is 92.4 Å². The van der Waals surface area contributed by atoms with Crippen molar-refractivity contribution in [3.8, 4) is 0 Å². The van der Waals surface area contributed by atoms with E-state index in [4.69, 9.17) is 5.73 Å². The van der Waals surface area contributed by atoms with Crippen LogP contribution in [0.3, 0.4) is 0 Å². The Morgan fingerprint density at radius 3 is 2.80 bits per heavy atom. The highest BCUT2D eigenvalue weighted by molar-refractivity contribution is 7.80. The van der Waals surface area contributed by atoms with Crippen LogP contribution in [0.15, 0.2) is 12.3 Å². The zero-order chi connectivity index (χ0) is 11.4. The monoisotopic (exact) mass is 232 g/mol. The molecule has 0 spiro atoms. The number of halogens is 1. The smallest absolute Gasteiger partial charge is 0.142 e. The second kappa shape index (κ2) is 5.29. The van der Waals surface area contributed by atoms with Gasteiger partial charge in [0.2, 0.25) is 0 Å². The van der Waals surface area contributed by atoms with Crippen LogP contribution in [0.2, 0.25) is 0 Å². The largest absolute Gasteiger partial charge is 0.390 e. The van der Waals surface area contributed by atoms with E-state index in [1.807, 2.05) is 0 Å². The minimum absolute atomic E-state index is 0.0158. The van der Waals surface area contributed by atoms with E-state index in [1.54, 1.807) is 0 Å². The number of aromatic nitrogens is 1. The predicted octanol–water partition coefficient (Wildman–Crippen LogP) is 0.517. The Balaban J connectivity index is 2.89. The molecule has 6 heteroatoms. The number of hydrogen-bond acceptors (Lipinski definition) is 5. The number of hydrogen-bond donors (Lipinski definition) is 4. The van der Waals surface area contributed by atoms with Gasteiger partial charge in [0.05, 0.1) is 12.3 Å². The molecule has 84 valence electrons. The van der Waals surface area contributed by atoms with E-state index in [1.165, 1.54) is 0 Å². The molecular weight excluding hydrogens is 219 g/mol. The van der Waals surface area contributed by atoms with Gasteiger partial charge in [-0.25, -0.2) is 9.37 Å². The summed E-state index contributed by atoms with van der Waals surface area (Å²) in [7, 11) is 0. The van der Waals surface area contributed by atoms with Crippen molar-refractivity contribution in [2.75, 3.05) is 11.5 Å². The van der Waals surface area contributed by atoms with Crippen molar-refractivity contribution in [3.63, 3.8) is 0 Å². The molecule has 0 radical (unpaired) electrons. The lowest BCUT2D eigenvalue weighted by atomic mass is 10.0. The molecule has 2 unspecified atom stereocenters. The zero-order valence-electron chi connectivity index (χ0n) is 7.97. The summed E-state index contributed by atoms with van der Waals surface area (Å²) in [6.07, 6.45) is -1.01. The minimum Gasteiger partial charge on any atom is -0.390 e. The number of aliphatic hydroxyl groups is 2. The number of nitrogens with two attached hydrogens (primary N) is 1. The highest BCUT2D eigenvalue weighted by Gasteiger charge is 2.20. The lowest BCUT2D eigenvalue weighted by Crippen LogP contribution is -2.20. The molecule has 0 saturated carbocycles. The Bertz CT molecular complexity index is 338. The lowest BCUT2D eigenvalue weighted by Gasteiger charge is -2.18. The van der Waals surface area contributed by atoms with E-state index >= 15 is 0 Å². The summed E-state index contributed by atoms with van der Waals surface area (Å²) in [5, 5.41) is 19.1. The quantitative estimate of drug-likeness (QED) is 0.571. The van der Waals surface area contributed by atoms with Crippen molar-refractivity contribution >= 4 is 18.4 Å². The molecule has 1 aromatic heterocycles. The third-order valence-corrected chi connectivity index (χ3v) is 2.28. The van der Waals surface area contributed by atoms with Gasteiger partial charge >= 0.3 is 0 Å². The van der Waals surface area contributed by atoms with Crippen molar-refractivity contribution in [1.29, 1.82) is 0 Å². The maximum atomic E-state index is 12.8. The highest BCUT2D eigenvalue weighted by atomic mass is 32.1. The number of pyridine rings is 1. The molecule has 0 fully saturated rings. The first kappa shape index (κ1) is 12.2. The van der Waals surface area contributed by atoms with Crippen LogP contribution in [0, 0.1) is 5.82 Å². The summed E-state index contributed by atoms with van der Waals surface area (Å²) in [6.45, 7) is 0. The maximum absolute atomic E-state index is 12.8. The summed E-state index contributed by atoms with van der Waals surface area (Å²) in [5.74, 6) is -0.167. The van der Waals surface area contributed by atoms with Gasteiger partial charge in [0.25, 0.3) is 0 Å². The van der Waals surface area contributed by atoms with Crippen LogP contribution in [0.25, 0.3) is 0 Å². The molecule has 0 bridgehead atoms. The first-order valence-corrected chi connectivity index (χ1v) is 5.07. The molecule has 4 N–H and O–H groups in total. The number of nitrogen functional groups attached to an aromatic ring is 1. The molecule has 1 rings (SSSR count). The first-order valence-electron chi connectivity index (χ1n) is 4.44. The Morgan fingerprint density at radius 1 is 1.53 bits per heavy atom. The molecule has 2 atom stereocenters. The van der Waals surface area contributed by atoms with Gasteiger partial charge in [0.1, 0.15) is 17.7 Å². The van der Waals surface area contributed by atoms with Crippen molar-refractivity contribution in [1.82, 2.24) is 4.98 Å². The molecule has 0 aliphatic rings. The van der Waals surface area contributed by atoms with Gasteiger partial charge in [0, 0.05) is 5.56 Å². The Hall–Kier alpha value is -0.850. The summed E-state index contributed by atoms with van der Waals surface area (Å²) in [5.41, 5.74) is 5.56. The van der Waals surface area contributed by atoms with E-state index < -0.39 is 18.0 Å². The Kier molecular flexibility index (Phi) is 4.31. The molecule has 1 heterocycles. The molecular formula is C9H13FN2O2S. The number of nitrogens with zero attached hydrogens (tertiary/aromatic N) is 1. The fourth-order valence-corrected chi connectivity index (χ4v) is 1.46. The first-order chi connectivity index (χ1) is 7.06. The van der Waals surface area contributed by atoms with Crippen LogP contribution in [0.1, 0.15) is 18.1 Å². The third kappa shape index (κ3) is 3.05. The molecule has 0 aromatic carbocycles. The fourth-order valence-electron chi connectivity index (χ4n) is 1.20. The SMILES string of the molecule is Nc1ncc(F)cc1C(O)C(O)CCS. The molecule has 0 saturated heterocycles. The molecule has 15 heavy (non-hydrogen) atoms. The van der Waals surface area contributed by atoms with Gasteiger partial charge in [0.15, 0.2) is 0 Å². The molecule has 0 amide bonds. The van der Waals surface area contributed by atoms with Gasteiger partial charge in [-0.05, 0) is 18.2 Å². The van der Waals surface area contributed by atoms with Crippen LogP contribution >= 0.6 is 12.6 Å². The summed E-state index contributed by atoms with van der Waals surface area (Å²) in [6, 6.07) is 1.06. The van der Waals surface area contributed by atoms with Crippen LogP contribution in [-0.2, 0) is 0 Å². The van der Waals surface area contributed by atoms with E-state index in [0.717, 1.165) is 12.3 Å². The summed E-state index contributed by atoms with van der Waals surface area (Å²) >= 11 is 3.92. The third-order valence-electron chi connectivity index (χ3n) is 2.02. The second-order valence-corrected chi connectivity index (χ2v) is 3.60. The zero-order valence-corrected chi connectivity index (χ0v) is 8.86. The maximum Gasteiger partial charge on any atom is 0.142 e. The number of anilines is 1. The van der Waals surface area contributed by atoms with Crippen molar-refractivity contribution in [2.45, 2.75) is 18.6 Å². The molecule has 4 nitrogen and oxygen atoms in total. The van der Waals surface area contributed by atoms with E-state index in [-0.39, 0.29) is 11.4 Å². The lowest BCUT2D eigenvalue weighted by molar-refractivity contribution is 0.0173. The van der Waals surface area contributed by atoms with Gasteiger partial charge in [-0.15, -0.1) is 0 Å². The summed E-state index contributed by atoms with van der Waals surface area (Å²) < 4.78 is 12.8. The van der Waals surface area contributed by atoms with Gasteiger partial charge in [-0.3, -0.25) is 0 Å². The van der Waals surface area contributed by atoms with Crippen LogP contribution in [0.4, 0.5) is 10.2 Å². The van der Waals surface area contributed by atoms with E-state index in [2.05, 4.69) is 17.6 Å². The normalized spacial score (nSPS) is 14.9. The van der Waals surface area contributed by atoms with Crippen LogP contribution in [0.5, 0.6) is 0 Å². The van der Waals surface area contributed by atoms with E-state index in [9.17, 15) is 14.6 Å². The molecule has 0 aliphatic carbocycles. The summed E-state index contributed by atoms with van der Waals surface area (Å²) in [4.78, 5) is 3.55. The molecule has 0 aliphatic heterocycles. The van der Waals surface area contributed by atoms with Gasteiger partial charge in [-0.1, -0.05) is 0 Å². The van der Waals surface area contributed by atoms with E-state index in [0.29, 0.717) is 12.2 Å². The fraction of sp³-hybridized carbons (Fsp3) is 0.444. The van der Waals surface area contributed by atoms with Gasteiger partial charge < -0.3 is 15.9 Å². The topological polar surface area (TPSA) is 79.4 Å². The highest BCUT2D eigenvalue weighted by Crippen LogP contribution is 2.23. The Morgan fingerprint density at radius 2 is 2.20 bits per heavy atom. The average Bonchev–Trinajstić information content (AvgIpc) is 2.21. The number of rotatable bonds is 4. The van der Waals surface area contributed by atoms with Gasteiger partial charge in [-0.2, -0.15) is 12.6 Å². The van der Waals surface area contributed by atoms with Crippen molar-refractivity contribution in [3.05, 3.63) is 23.6 Å². The standard InChI is InChI=1S/C9H13FN2O2S/c10-5-3-6(9(11)12-4-5)8(14)7(13)1-2-15/h3-4,7-8,13-15H,1-2H2,(H2,11,12). The average molecular weight is 232 g/mol. The number of thiol groups is 1. The second-order valence-electron chi connectivity index (χ2n) is 3.15. The van der Waals surface area contributed by atoms with Crippen molar-refractivity contribution < 1.29 is 14.6 Å². The van der Waals surface area contributed by atoms with Crippen LogP contribution in [-0.4, -0.2) is 27.1 Å². The number of aliphatic hydroxyl groups excluding tert-OH is 2.